The Morgan fingerprint density at radius 2 is 1.77 bits per heavy atom. The third-order valence-electron chi connectivity index (χ3n) is 4.35. The quantitative estimate of drug-likeness (QED) is 0.546. The first kappa shape index (κ1) is 16.2. The number of methoxy groups -OCH3 is 1. The second kappa shape index (κ2) is 6.92. The minimum Gasteiger partial charge on any atom is -0.497 e. The Morgan fingerprint density at radius 1 is 0.962 bits per heavy atom. The van der Waals surface area contributed by atoms with Gasteiger partial charge < -0.3 is 14.5 Å². The molecule has 0 amide bonds. The number of aromatic nitrogens is 2. The van der Waals surface area contributed by atoms with E-state index in [0.29, 0.717) is 6.61 Å². The van der Waals surface area contributed by atoms with Crippen molar-refractivity contribution in [3.63, 3.8) is 0 Å². The lowest BCUT2D eigenvalue weighted by molar-refractivity contribution is 0.307. The second-order valence-electron chi connectivity index (χ2n) is 6.24. The molecule has 130 valence electrons. The first-order valence-corrected chi connectivity index (χ1v) is 8.54. The highest BCUT2D eigenvalue weighted by Gasteiger charge is 2.11. The number of H-pyrrole nitrogens is 1. The van der Waals surface area contributed by atoms with E-state index in [-0.39, 0.29) is 0 Å². The SMILES string of the molecule is COc1ccc2nc(-c3ccccc3OCc3ccc(C)cc3)[nH]c2c1. The van der Waals surface area contributed by atoms with Crippen LogP contribution in [0.15, 0.2) is 66.7 Å². The third kappa shape index (κ3) is 3.26. The fourth-order valence-corrected chi connectivity index (χ4v) is 2.88. The third-order valence-corrected chi connectivity index (χ3v) is 4.35. The number of imidazole rings is 1. The van der Waals surface area contributed by atoms with Crippen LogP contribution in [0.25, 0.3) is 22.4 Å². The Bertz CT molecular complexity index is 1040. The molecule has 1 aromatic heterocycles. The Balaban J connectivity index is 1.63. The van der Waals surface area contributed by atoms with Crippen LogP contribution >= 0.6 is 0 Å². The topological polar surface area (TPSA) is 47.1 Å². The van der Waals surface area contributed by atoms with Gasteiger partial charge in [0.1, 0.15) is 23.9 Å². The van der Waals surface area contributed by atoms with Crippen LogP contribution in [-0.4, -0.2) is 17.1 Å². The molecular formula is C22H20N2O2. The van der Waals surface area contributed by atoms with Gasteiger partial charge in [0.05, 0.1) is 23.7 Å². The molecule has 1 heterocycles. The summed E-state index contributed by atoms with van der Waals surface area (Å²) in [6.07, 6.45) is 0. The Labute approximate surface area is 152 Å². The Kier molecular flexibility index (Phi) is 4.32. The molecule has 3 aromatic carbocycles. The number of ether oxygens (including phenoxy) is 2. The van der Waals surface area contributed by atoms with Crippen LogP contribution in [0.2, 0.25) is 0 Å². The number of fused-ring (bicyclic) bond motifs is 1. The van der Waals surface area contributed by atoms with Crippen molar-refractivity contribution in [2.45, 2.75) is 13.5 Å². The molecule has 0 aliphatic carbocycles. The summed E-state index contributed by atoms with van der Waals surface area (Å²) < 4.78 is 11.4. The van der Waals surface area contributed by atoms with Crippen LogP contribution in [0.3, 0.4) is 0 Å². The average molecular weight is 344 g/mol. The summed E-state index contributed by atoms with van der Waals surface area (Å²) in [5.41, 5.74) is 5.16. The van der Waals surface area contributed by atoms with Gasteiger partial charge in [0.15, 0.2) is 0 Å². The Morgan fingerprint density at radius 3 is 2.58 bits per heavy atom. The highest BCUT2D eigenvalue weighted by Crippen LogP contribution is 2.30. The van der Waals surface area contributed by atoms with Gasteiger partial charge in [-0.2, -0.15) is 0 Å². The van der Waals surface area contributed by atoms with Gasteiger partial charge in [-0.3, -0.25) is 0 Å². The molecule has 0 atom stereocenters. The maximum atomic E-state index is 6.07. The molecule has 1 N–H and O–H groups in total. The summed E-state index contributed by atoms with van der Waals surface area (Å²) in [5, 5.41) is 0. The highest BCUT2D eigenvalue weighted by molar-refractivity contribution is 5.81. The van der Waals surface area contributed by atoms with Gasteiger partial charge in [-0.05, 0) is 36.8 Å². The van der Waals surface area contributed by atoms with Crippen molar-refractivity contribution in [1.29, 1.82) is 0 Å². The van der Waals surface area contributed by atoms with Crippen molar-refractivity contribution in [1.82, 2.24) is 9.97 Å². The molecule has 4 nitrogen and oxygen atoms in total. The lowest BCUT2D eigenvalue weighted by Gasteiger charge is -2.10. The number of rotatable bonds is 5. The van der Waals surface area contributed by atoms with Gasteiger partial charge in [-0.25, -0.2) is 4.98 Å². The Hall–Kier alpha value is -3.27. The molecule has 0 radical (unpaired) electrons. The van der Waals surface area contributed by atoms with Crippen LogP contribution in [0.5, 0.6) is 11.5 Å². The first-order valence-electron chi connectivity index (χ1n) is 8.54. The van der Waals surface area contributed by atoms with Crippen LogP contribution < -0.4 is 9.47 Å². The maximum absolute atomic E-state index is 6.07. The molecule has 4 rings (SSSR count). The van der Waals surface area contributed by atoms with E-state index < -0.39 is 0 Å². The van der Waals surface area contributed by atoms with Crippen molar-refractivity contribution in [3.8, 4) is 22.9 Å². The standard InChI is InChI=1S/C22H20N2O2/c1-15-7-9-16(10-8-15)14-26-21-6-4-3-5-18(21)22-23-19-12-11-17(25-2)13-20(19)24-22/h3-13H,14H2,1-2H3,(H,23,24). The number of para-hydroxylation sites is 1. The van der Waals surface area contributed by atoms with Crippen molar-refractivity contribution < 1.29 is 9.47 Å². The normalized spacial score (nSPS) is 10.8. The molecule has 0 fully saturated rings. The highest BCUT2D eigenvalue weighted by atomic mass is 16.5. The summed E-state index contributed by atoms with van der Waals surface area (Å²) in [4.78, 5) is 8.06. The molecule has 0 saturated carbocycles. The monoisotopic (exact) mass is 344 g/mol. The van der Waals surface area contributed by atoms with Crippen LogP contribution in [-0.2, 0) is 6.61 Å². The van der Waals surface area contributed by atoms with E-state index in [1.807, 2.05) is 42.5 Å². The molecular weight excluding hydrogens is 324 g/mol. The number of benzene rings is 3. The molecule has 26 heavy (non-hydrogen) atoms. The zero-order chi connectivity index (χ0) is 17.9. The summed E-state index contributed by atoms with van der Waals surface area (Å²) in [5.74, 6) is 2.39. The summed E-state index contributed by atoms with van der Waals surface area (Å²) in [6.45, 7) is 2.60. The lowest BCUT2D eigenvalue weighted by atomic mass is 10.1. The maximum Gasteiger partial charge on any atom is 0.142 e. The van der Waals surface area contributed by atoms with Crippen molar-refractivity contribution in [3.05, 3.63) is 77.9 Å². The molecule has 0 aliphatic rings. The van der Waals surface area contributed by atoms with E-state index >= 15 is 0 Å². The zero-order valence-electron chi connectivity index (χ0n) is 14.8. The minimum atomic E-state index is 0.519. The number of nitrogens with one attached hydrogen (secondary N) is 1. The first-order chi connectivity index (χ1) is 12.7. The molecule has 0 bridgehead atoms. The van der Waals surface area contributed by atoms with E-state index in [0.717, 1.165) is 39.5 Å². The number of nitrogens with zero attached hydrogens (tertiary/aromatic N) is 1. The molecule has 0 aliphatic heterocycles. The smallest absolute Gasteiger partial charge is 0.142 e. The molecule has 4 heteroatoms. The van der Waals surface area contributed by atoms with Crippen molar-refractivity contribution >= 4 is 11.0 Å². The van der Waals surface area contributed by atoms with Crippen molar-refractivity contribution in [2.24, 2.45) is 0 Å². The van der Waals surface area contributed by atoms with Gasteiger partial charge in [-0.15, -0.1) is 0 Å². The van der Waals surface area contributed by atoms with E-state index in [4.69, 9.17) is 14.5 Å². The van der Waals surface area contributed by atoms with E-state index in [1.165, 1.54) is 5.56 Å². The van der Waals surface area contributed by atoms with Crippen LogP contribution in [0.4, 0.5) is 0 Å². The molecule has 0 saturated heterocycles. The van der Waals surface area contributed by atoms with E-state index in [1.54, 1.807) is 7.11 Å². The second-order valence-corrected chi connectivity index (χ2v) is 6.24. The lowest BCUT2D eigenvalue weighted by Crippen LogP contribution is -1.97. The van der Waals surface area contributed by atoms with Gasteiger partial charge in [0, 0.05) is 6.07 Å². The summed E-state index contributed by atoms with van der Waals surface area (Å²) >= 11 is 0. The summed E-state index contributed by atoms with van der Waals surface area (Å²) in [7, 11) is 1.66. The van der Waals surface area contributed by atoms with Crippen LogP contribution in [0, 0.1) is 6.92 Å². The van der Waals surface area contributed by atoms with Crippen LogP contribution in [0.1, 0.15) is 11.1 Å². The largest absolute Gasteiger partial charge is 0.497 e. The molecule has 4 aromatic rings. The van der Waals surface area contributed by atoms with E-state index in [9.17, 15) is 0 Å². The summed E-state index contributed by atoms with van der Waals surface area (Å²) in [6, 6.07) is 22.1. The predicted octanol–water partition coefficient (Wildman–Crippen LogP) is 5.13. The number of hydrogen-bond donors (Lipinski definition) is 1. The molecule has 0 spiro atoms. The number of aromatic amines is 1. The fourth-order valence-electron chi connectivity index (χ4n) is 2.88. The number of aryl methyl sites for hydroxylation is 1. The average Bonchev–Trinajstić information content (AvgIpc) is 3.10. The van der Waals surface area contributed by atoms with Gasteiger partial charge in [0.25, 0.3) is 0 Å². The minimum absolute atomic E-state index is 0.519. The van der Waals surface area contributed by atoms with Gasteiger partial charge in [0.2, 0.25) is 0 Å². The zero-order valence-corrected chi connectivity index (χ0v) is 14.8. The fraction of sp³-hybridized carbons (Fsp3) is 0.136. The van der Waals surface area contributed by atoms with Gasteiger partial charge >= 0.3 is 0 Å². The van der Waals surface area contributed by atoms with Crippen molar-refractivity contribution in [2.75, 3.05) is 7.11 Å². The van der Waals surface area contributed by atoms with E-state index in [2.05, 4.69) is 36.2 Å². The predicted molar refractivity (Wildman–Crippen MR) is 104 cm³/mol. The number of hydrogen-bond acceptors (Lipinski definition) is 3. The molecule has 0 unspecified atom stereocenters. The van der Waals surface area contributed by atoms with Gasteiger partial charge in [-0.1, -0.05) is 42.0 Å².